The van der Waals surface area contributed by atoms with Crippen molar-refractivity contribution in [1.82, 2.24) is 0 Å². The first kappa shape index (κ1) is 16.2. The summed E-state index contributed by atoms with van der Waals surface area (Å²) in [4.78, 5) is 12.5. The van der Waals surface area contributed by atoms with Gasteiger partial charge in [-0.2, -0.15) is 5.26 Å². The SMILES string of the molecule is N#Cc1ccc(N2CCC[C@@H](CS(N)(=O)=O)C2)c([N+](=O)[O-])c1. The summed E-state index contributed by atoms with van der Waals surface area (Å²) >= 11 is 0. The molecule has 118 valence electrons. The van der Waals surface area contributed by atoms with Crippen LogP contribution in [0.25, 0.3) is 0 Å². The van der Waals surface area contributed by atoms with Crippen LogP contribution < -0.4 is 10.0 Å². The number of piperidine rings is 1. The molecule has 1 saturated heterocycles. The smallest absolute Gasteiger partial charge is 0.293 e. The summed E-state index contributed by atoms with van der Waals surface area (Å²) in [6.07, 6.45) is 1.45. The Kier molecular flexibility index (Phi) is 4.63. The Balaban J connectivity index is 2.27. The second kappa shape index (κ2) is 6.29. The Morgan fingerprint density at radius 3 is 2.82 bits per heavy atom. The zero-order valence-corrected chi connectivity index (χ0v) is 12.6. The molecule has 1 aliphatic heterocycles. The van der Waals surface area contributed by atoms with E-state index in [0.29, 0.717) is 18.8 Å². The van der Waals surface area contributed by atoms with Crippen LogP contribution in [0, 0.1) is 27.4 Å². The summed E-state index contributed by atoms with van der Waals surface area (Å²) in [6.45, 7) is 0.997. The molecule has 1 aromatic carbocycles. The molecule has 9 heteroatoms. The lowest BCUT2D eigenvalue weighted by molar-refractivity contribution is -0.384. The van der Waals surface area contributed by atoms with Gasteiger partial charge >= 0.3 is 0 Å². The fraction of sp³-hybridized carbons (Fsp3) is 0.462. The maximum Gasteiger partial charge on any atom is 0.293 e. The molecule has 2 N–H and O–H groups in total. The van der Waals surface area contributed by atoms with E-state index in [9.17, 15) is 18.5 Å². The third-order valence-electron chi connectivity index (χ3n) is 3.63. The minimum absolute atomic E-state index is 0.131. The van der Waals surface area contributed by atoms with Crippen LogP contribution in [0.1, 0.15) is 18.4 Å². The number of nitro benzene ring substituents is 1. The predicted octanol–water partition coefficient (Wildman–Crippen LogP) is 0.971. The first-order valence-electron chi connectivity index (χ1n) is 6.74. The molecule has 0 amide bonds. The molecule has 0 saturated carbocycles. The van der Waals surface area contributed by atoms with Crippen LogP contribution in [-0.4, -0.2) is 32.2 Å². The summed E-state index contributed by atoms with van der Waals surface area (Å²) in [6, 6.07) is 6.17. The van der Waals surface area contributed by atoms with Crippen molar-refractivity contribution in [2.24, 2.45) is 11.1 Å². The van der Waals surface area contributed by atoms with E-state index in [1.54, 1.807) is 4.90 Å². The van der Waals surface area contributed by atoms with Crippen LogP contribution in [0.3, 0.4) is 0 Å². The maximum atomic E-state index is 11.2. The van der Waals surface area contributed by atoms with Gasteiger partial charge in [0, 0.05) is 19.2 Å². The van der Waals surface area contributed by atoms with Crippen molar-refractivity contribution in [3.63, 3.8) is 0 Å². The van der Waals surface area contributed by atoms with Crippen molar-refractivity contribution in [1.29, 1.82) is 5.26 Å². The first-order chi connectivity index (χ1) is 10.3. The van der Waals surface area contributed by atoms with Gasteiger partial charge in [0.1, 0.15) is 5.69 Å². The van der Waals surface area contributed by atoms with Gasteiger partial charge in [-0.25, -0.2) is 13.6 Å². The molecule has 0 bridgehead atoms. The molecule has 0 aliphatic carbocycles. The van der Waals surface area contributed by atoms with E-state index < -0.39 is 14.9 Å². The average Bonchev–Trinajstić information content (AvgIpc) is 2.45. The molecule has 1 heterocycles. The molecular weight excluding hydrogens is 308 g/mol. The number of nitriles is 1. The monoisotopic (exact) mass is 324 g/mol. The van der Waals surface area contributed by atoms with Gasteiger partial charge in [-0.15, -0.1) is 0 Å². The van der Waals surface area contributed by atoms with Crippen molar-refractivity contribution in [3.8, 4) is 6.07 Å². The van der Waals surface area contributed by atoms with Gasteiger partial charge in [0.05, 0.1) is 22.3 Å². The van der Waals surface area contributed by atoms with Gasteiger partial charge in [-0.1, -0.05) is 0 Å². The topological polar surface area (TPSA) is 130 Å². The zero-order chi connectivity index (χ0) is 16.3. The van der Waals surface area contributed by atoms with Gasteiger partial charge in [0.25, 0.3) is 5.69 Å². The number of nitrogens with two attached hydrogens (primary N) is 1. The molecule has 0 aromatic heterocycles. The largest absolute Gasteiger partial charge is 0.366 e. The fourth-order valence-electron chi connectivity index (χ4n) is 2.76. The van der Waals surface area contributed by atoms with E-state index >= 15 is 0 Å². The van der Waals surface area contributed by atoms with Crippen LogP contribution in [0.5, 0.6) is 0 Å². The Morgan fingerprint density at radius 2 is 2.23 bits per heavy atom. The van der Waals surface area contributed by atoms with Crippen molar-refractivity contribution in [2.45, 2.75) is 12.8 Å². The molecule has 1 aromatic rings. The summed E-state index contributed by atoms with van der Waals surface area (Å²) in [5.74, 6) is -0.285. The molecule has 8 nitrogen and oxygen atoms in total. The van der Waals surface area contributed by atoms with E-state index in [1.165, 1.54) is 18.2 Å². The van der Waals surface area contributed by atoms with Crippen molar-refractivity contribution in [3.05, 3.63) is 33.9 Å². The predicted molar refractivity (Wildman–Crippen MR) is 80.7 cm³/mol. The number of benzene rings is 1. The minimum Gasteiger partial charge on any atom is -0.366 e. The molecular formula is C13H16N4O4S. The van der Waals surface area contributed by atoms with Crippen LogP contribution in [0.2, 0.25) is 0 Å². The van der Waals surface area contributed by atoms with E-state index in [1.807, 2.05) is 6.07 Å². The number of rotatable bonds is 4. The number of nitrogens with zero attached hydrogens (tertiary/aromatic N) is 3. The molecule has 1 fully saturated rings. The minimum atomic E-state index is -3.57. The average molecular weight is 324 g/mol. The van der Waals surface area contributed by atoms with E-state index in [2.05, 4.69) is 0 Å². The fourth-order valence-corrected chi connectivity index (χ4v) is 3.68. The number of anilines is 1. The Labute approximate surface area is 128 Å². The lowest BCUT2D eigenvalue weighted by atomic mass is 9.99. The second-order valence-corrected chi connectivity index (χ2v) is 7.02. The number of hydrogen-bond donors (Lipinski definition) is 1. The highest BCUT2D eigenvalue weighted by Crippen LogP contribution is 2.32. The number of sulfonamides is 1. The highest BCUT2D eigenvalue weighted by Gasteiger charge is 2.27. The molecule has 22 heavy (non-hydrogen) atoms. The summed E-state index contributed by atoms with van der Waals surface area (Å²) in [7, 11) is -3.57. The molecule has 1 aliphatic rings. The van der Waals surface area contributed by atoms with Gasteiger partial charge in [-0.05, 0) is 30.9 Å². The maximum absolute atomic E-state index is 11.2. The highest BCUT2D eigenvalue weighted by atomic mass is 32.2. The number of primary sulfonamides is 1. The van der Waals surface area contributed by atoms with Crippen LogP contribution in [-0.2, 0) is 10.0 Å². The van der Waals surface area contributed by atoms with Gasteiger partial charge in [0.2, 0.25) is 10.0 Å². The Hall–Kier alpha value is -2.18. The van der Waals surface area contributed by atoms with Gasteiger partial charge in [-0.3, -0.25) is 10.1 Å². The Bertz CT molecular complexity index is 726. The summed E-state index contributed by atoms with van der Waals surface area (Å²) in [5.41, 5.74) is 0.479. The number of nitro groups is 1. The third kappa shape index (κ3) is 3.93. The van der Waals surface area contributed by atoms with E-state index in [4.69, 9.17) is 10.4 Å². The standard InChI is InChI=1S/C13H16N4O4S/c14-7-10-3-4-12(13(6-10)17(18)19)16-5-1-2-11(8-16)9-22(15,20)21/h3-4,6,11H,1-2,5,8-9H2,(H2,15,20,21)/t11-/m1/s1. The molecule has 0 radical (unpaired) electrons. The van der Waals surface area contributed by atoms with Gasteiger partial charge < -0.3 is 4.90 Å². The Morgan fingerprint density at radius 1 is 1.50 bits per heavy atom. The first-order valence-corrected chi connectivity index (χ1v) is 8.45. The van der Waals surface area contributed by atoms with Crippen molar-refractivity contribution >= 4 is 21.4 Å². The van der Waals surface area contributed by atoms with Crippen LogP contribution >= 0.6 is 0 Å². The highest BCUT2D eigenvalue weighted by molar-refractivity contribution is 7.89. The van der Waals surface area contributed by atoms with Crippen molar-refractivity contribution < 1.29 is 13.3 Å². The summed E-state index contributed by atoms with van der Waals surface area (Å²) in [5, 5.41) is 25.1. The lowest BCUT2D eigenvalue weighted by Gasteiger charge is -2.33. The zero-order valence-electron chi connectivity index (χ0n) is 11.8. The van der Waals surface area contributed by atoms with E-state index in [-0.39, 0.29) is 22.9 Å². The summed E-state index contributed by atoms with van der Waals surface area (Å²) < 4.78 is 22.4. The molecule has 0 spiro atoms. The number of hydrogen-bond acceptors (Lipinski definition) is 6. The lowest BCUT2D eigenvalue weighted by Crippen LogP contribution is -2.39. The third-order valence-corrected chi connectivity index (χ3v) is 4.56. The van der Waals surface area contributed by atoms with E-state index in [0.717, 1.165) is 12.8 Å². The van der Waals surface area contributed by atoms with Crippen LogP contribution in [0.4, 0.5) is 11.4 Å². The normalized spacial score (nSPS) is 18.7. The molecule has 0 unspecified atom stereocenters. The quantitative estimate of drug-likeness (QED) is 0.648. The van der Waals surface area contributed by atoms with Crippen LogP contribution in [0.15, 0.2) is 18.2 Å². The van der Waals surface area contributed by atoms with Crippen molar-refractivity contribution in [2.75, 3.05) is 23.7 Å². The second-order valence-electron chi connectivity index (χ2n) is 5.36. The molecule has 2 rings (SSSR count). The molecule has 1 atom stereocenters. The van der Waals surface area contributed by atoms with Gasteiger partial charge in [0.15, 0.2) is 0 Å².